The summed E-state index contributed by atoms with van der Waals surface area (Å²) in [7, 11) is 0. The van der Waals surface area contributed by atoms with Crippen molar-refractivity contribution in [2.45, 2.75) is 19.9 Å². The van der Waals surface area contributed by atoms with Gasteiger partial charge in [0.25, 0.3) is 5.91 Å². The molecule has 0 aliphatic heterocycles. The Kier molecular flexibility index (Phi) is 5.07. The SMILES string of the molecule is CCN(C(=O)c1cncc(Br)c1)C(C)c1ccc(F)cc1. The van der Waals surface area contributed by atoms with Crippen LogP contribution in [0.2, 0.25) is 0 Å². The van der Waals surface area contributed by atoms with Gasteiger partial charge in [-0.05, 0) is 53.5 Å². The number of amides is 1. The first-order valence-corrected chi connectivity index (χ1v) is 7.49. The van der Waals surface area contributed by atoms with Crippen molar-refractivity contribution in [1.29, 1.82) is 0 Å². The van der Waals surface area contributed by atoms with E-state index in [2.05, 4.69) is 20.9 Å². The lowest BCUT2D eigenvalue weighted by Crippen LogP contribution is -2.33. The number of nitrogens with zero attached hydrogens (tertiary/aromatic N) is 2. The maximum Gasteiger partial charge on any atom is 0.255 e. The number of hydrogen-bond donors (Lipinski definition) is 0. The average molecular weight is 351 g/mol. The molecule has 1 aromatic heterocycles. The number of carbonyl (C=O) groups excluding carboxylic acids is 1. The molecule has 0 bridgehead atoms. The van der Waals surface area contributed by atoms with E-state index in [1.54, 1.807) is 35.5 Å². The molecule has 0 saturated carbocycles. The van der Waals surface area contributed by atoms with E-state index >= 15 is 0 Å². The summed E-state index contributed by atoms with van der Waals surface area (Å²) in [6.45, 7) is 4.41. The zero-order valence-corrected chi connectivity index (χ0v) is 13.5. The van der Waals surface area contributed by atoms with Crippen LogP contribution in [0.15, 0.2) is 47.2 Å². The van der Waals surface area contributed by atoms with Crippen LogP contribution in [-0.4, -0.2) is 22.3 Å². The standard InChI is InChI=1S/C16H16BrFN2O/c1-3-20(11(2)12-4-6-15(18)7-5-12)16(21)13-8-14(17)10-19-9-13/h4-11H,3H2,1-2H3. The number of benzene rings is 1. The van der Waals surface area contributed by atoms with Crippen molar-refractivity contribution in [2.75, 3.05) is 6.54 Å². The Hall–Kier alpha value is -1.75. The van der Waals surface area contributed by atoms with E-state index < -0.39 is 0 Å². The Morgan fingerprint density at radius 2 is 2.00 bits per heavy atom. The molecule has 0 saturated heterocycles. The molecule has 5 heteroatoms. The second-order valence-electron chi connectivity index (χ2n) is 4.71. The summed E-state index contributed by atoms with van der Waals surface area (Å²) in [6.07, 6.45) is 3.18. The first kappa shape index (κ1) is 15.6. The molecule has 0 fully saturated rings. The highest BCUT2D eigenvalue weighted by atomic mass is 79.9. The smallest absolute Gasteiger partial charge is 0.255 e. The predicted molar refractivity (Wildman–Crippen MR) is 83.5 cm³/mol. The molecule has 1 aromatic carbocycles. The molecule has 21 heavy (non-hydrogen) atoms. The van der Waals surface area contributed by atoms with Crippen molar-refractivity contribution < 1.29 is 9.18 Å². The predicted octanol–water partition coefficient (Wildman–Crippen LogP) is 4.21. The summed E-state index contributed by atoms with van der Waals surface area (Å²) < 4.78 is 13.8. The molecule has 0 spiro atoms. The number of aromatic nitrogens is 1. The molecule has 2 rings (SSSR count). The van der Waals surface area contributed by atoms with Crippen molar-refractivity contribution in [1.82, 2.24) is 9.88 Å². The van der Waals surface area contributed by atoms with Gasteiger partial charge in [0, 0.05) is 23.4 Å². The lowest BCUT2D eigenvalue weighted by Gasteiger charge is -2.28. The largest absolute Gasteiger partial charge is 0.332 e. The molecule has 1 atom stereocenters. The van der Waals surface area contributed by atoms with Gasteiger partial charge in [-0.3, -0.25) is 9.78 Å². The van der Waals surface area contributed by atoms with Crippen molar-refractivity contribution in [3.8, 4) is 0 Å². The molecule has 3 nitrogen and oxygen atoms in total. The second-order valence-corrected chi connectivity index (χ2v) is 5.63. The van der Waals surface area contributed by atoms with Crippen LogP contribution in [0.4, 0.5) is 4.39 Å². The van der Waals surface area contributed by atoms with Gasteiger partial charge in [-0.25, -0.2) is 4.39 Å². The van der Waals surface area contributed by atoms with Crippen LogP contribution in [0.5, 0.6) is 0 Å². The molecule has 2 aromatic rings. The maximum atomic E-state index is 13.0. The summed E-state index contributed by atoms with van der Waals surface area (Å²) in [4.78, 5) is 18.4. The number of pyridine rings is 1. The molecule has 1 heterocycles. The molecule has 1 unspecified atom stereocenters. The summed E-state index contributed by atoms with van der Waals surface area (Å²) in [6, 6.07) is 7.83. The van der Waals surface area contributed by atoms with Gasteiger partial charge < -0.3 is 4.90 Å². The lowest BCUT2D eigenvalue weighted by atomic mass is 10.1. The fourth-order valence-corrected chi connectivity index (χ4v) is 2.57. The highest BCUT2D eigenvalue weighted by Crippen LogP contribution is 2.23. The Bertz CT molecular complexity index is 630. The third-order valence-electron chi connectivity index (χ3n) is 3.37. The summed E-state index contributed by atoms with van der Waals surface area (Å²) >= 11 is 3.32. The third kappa shape index (κ3) is 3.67. The number of halogens is 2. The van der Waals surface area contributed by atoms with E-state index in [-0.39, 0.29) is 17.8 Å². The van der Waals surface area contributed by atoms with Gasteiger partial charge in [0.05, 0.1) is 11.6 Å². The van der Waals surface area contributed by atoms with Crippen LogP contribution in [-0.2, 0) is 0 Å². The van der Waals surface area contributed by atoms with Gasteiger partial charge in [-0.2, -0.15) is 0 Å². The monoisotopic (exact) mass is 350 g/mol. The number of rotatable bonds is 4. The van der Waals surface area contributed by atoms with E-state index in [9.17, 15) is 9.18 Å². The molecule has 110 valence electrons. The molecule has 0 aliphatic rings. The molecule has 0 N–H and O–H groups in total. The van der Waals surface area contributed by atoms with Gasteiger partial charge in [-0.1, -0.05) is 12.1 Å². The third-order valence-corrected chi connectivity index (χ3v) is 3.81. The quantitative estimate of drug-likeness (QED) is 0.827. The van der Waals surface area contributed by atoms with Crippen molar-refractivity contribution in [2.24, 2.45) is 0 Å². The first-order chi connectivity index (χ1) is 10.0. The van der Waals surface area contributed by atoms with E-state index in [4.69, 9.17) is 0 Å². The first-order valence-electron chi connectivity index (χ1n) is 6.70. The van der Waals surface area contributed by atoms with E-state index in [1.807, 2.05) is 13.8 Å². The highest BCUT2D eigenvalue weighted by Gasteiger charge is 2.21. The van der Waals surface area contributed by atoms with Crippen molar-refractivity contribution in [3.05, 3.63) is 64.1 Å². The van der Waals surface area contributed by atoms with Crippen LogP contribution in [0.3, 0.4) is 0 Å². The minimum absolute atomic E-state index is 0.0943. The lowest BCUT2D eigenvalue weighted by molar-refractivity contribution is 0.0702. The van der Waals surface area contributed by atoms with Crippen LogP contribution in [0, 0.1) is 5.82 Å². The topological polar surface area (TPSA) is 33.2 Å². The molecule has 0 aliphatic carbocycles. The van der Waals surface area contributed by atoms with Crippen LogP contribution in [0.25, 0.3) is 0 Å². The van der Waals surface area contributed by atoms with E-state index in [0.29, 0.717) is 12.1 Å². The highest BCUT2D eigenvalue weighted by molar-refractivity contribution is 9.10. The Labute approximate surface area is 131 Å². The second kappa shape index (κ2) is 6.80. The zero-order valence-electron chi connectivity index (χ0n) is 11.9. The molecular weight excluding hydrogens is 335 g/mol. The van der Waals surface area contributed by atoms with Gasteiger partial charge >= 0.3 is 0 Å². The minimum atomic E-state index is -0.281. The van der Waals surface area contributed by atoms with E-state index in [0.717, 1.165) is 10.0 Å². The summed E-state index contributed by atoms with van der Waals surface area (Å²) in [5.41, 5.74) is 1.43. The fraction of sp³-hybridized carbons (Fsp3) is 0.250. The Morgan fingerprint density at radius 3 is 2.57 bits per heavy atom. The Balaban J connectivity index is 2.26. The van der Waals surface area contributed by atoms with Gasteiger partial charge in [0.2, 0.25) is 0 Å². The zero-order chi connectivity index (χ0) is 15.4. The maximum absolute atomic E-state index is 13.0. The van der Waals surface area contributed by atoms with Gasteiger partial charge in [-0.15, -0.1) is 0 Å². The molecular formula is C16H16BrFN2O. The fourth-order valence-electron chi connectivity index (χ4n) is 2.21. The van der Waals surface area contributed by atoms with Crippen LogP contribution in [0.1, 0.15) is 35.8 Å². The number of hydrogen-bond acceptors (Lipinski definition) is 2. The van der Waals surface area contributed by atoms with Crippen molar-refractivity contribution in [3.63, 3.8) is 0 Å². The normalized spacial score (nSPS) is 12.0. The van der Waals surface area contributed by atoms with Gasteiger partial charge in [0.15, 0.2) is 0 Å². The minimum Gasteiger partial charge on any atom is -0.332 e. The Morgan fingerprint density at radius 1 is 1.33 bits per heavy atom. The average Bonchev–Trinajstić information content (AvgIpc) is 2.48. The van der Waals surface area contributed by atoms with Gasteiger partial charge in [0.1, 0.15) is 5.82 Å². The summed E-state index contributed by atoms with van der Waals surface area (Å²) in [5, 5.41) is 0. The number of carbonyl (C=O) groups is 1. The van der Waals surface area contributed by atoms with E-state index in [1.165, 1.54) is 12.1 Å². The van der Waals surface area contributed by atoms with Crippen molar-refractivity contribution >= 4 is 21.8 Å². The van der Waals surface area contributed by atoms with Crippen LogP contribution >= 0.6 is 15.9 Å². The van der Waals surface area contributed by atoms with Crippen LogP contribution < -0.4 is 0 Å². The molecule has 0 radical (unpaired) electrons. The summed E-state index contributed by atoms with van der Waals surface area (Å²) in [5.74, 6) is -0.375. The molecule has 1 amide bonds.